The highest BCUT2D eigenvalue weighted by Gasteiger charge is 2.10. The standard InChI is InChI=1S/C10H5IN2.C10H5N3O2.C10H7N3.C9H5ClN2O2/c11-8-1-2-10-9(5-8)7(6-12)3-4-13-10;11-6-7-3-4-12-10-2-1-8(13(14)15)5-9(7)10;11-6-7-3-4-13-10-2-1-8(12)5-9(7)10;10-8-3-4-11-9-2-1-6(12(13)14)5-7(8)9/h1-5H;1-5H;1-5H,12H2;1-5H. The van der Waals surface area contributed by atoms with E-state index in [4.69, 9.17) is 33.1 Å². The van der Waals surface area contributed by atoms with Gasteiger partial charge in [0.25, 0.3) is 11.4 Å². The predicted octanol–water partition coefficient (Wildman–Crippen LogP) is 9.21. The first kappa shape index (κ1) is 38.8. The summed E-state index contributed by atoms with van der Waals surface area (Å²) in [5.41, 5.74) is 10.8. The Balaban J connectivity index is 0.000000141. The monoisotopic (exact) mass is 856 g/mol. The Labute approximate surface area is 330 Å². The maximum absolute atomic E-state index is 10.5. The molecule has 2 N–H and O–H groups in total. The van der Waals surface area contributed by atoms with Gasteiger partial charge in [-0.05, 0) is 95.4 Å². The largest absolute Gasteiger partial charge is 0.399 e. The van der Waals surface area contributed by atoms with E-state index < -0.39 is 9.85 Å². The van der Waals surface area contributed by atoms with Crippen molar-refractivity contribution in [2.24, 2.45) is 0 Å². The minimum atomic E-state index is -0.492. The summed E-state index contributed by atoms with van der Waals surface area (Å²) in [5.74, 6) is 0. The average molecular weight is 857 g/mol. The van der Waals surface area contributed by atoms with Gasteiger partial charge in [-0.2, -0.15) is 15.8 Å². The summed E-state index contributed by atoms with van der Waals surface area (Å²) < 4.78 is 1.12. The normalized spacial score (nSPS) is 9.95. The Hall–Kier alpha value is -7.39. The van der Waals surface area contributed by atoms with E-state index in [-0.39, 0.29) is 11.4 Å². The second kappa shape index (κ2) is 17.9. The van der Waals surface area contributed by atoms with Gasteiger partial charge in [-0.25, -0.2) is 0 Å². The van der Waals surface area contributed by atoms with E-state index in [0.29, 0.717) is 49.2 Å². The third kappa shape index (κ3) is 9.54. The first-order chi connectivity index (χ1) is 26.5. The fraction of sp³-hybridized carbons (Fsp3) is 0. The minimum absolute atomic E-state index is 0.0207. The number of non-ortho nitro benzene ring substituents is 2. The molecule has 0 amide bonds. The Morgan fingerprint density at radius 3 is 1.40 bits per heavy atom. The van der Waals surface area contributed by atoms with Crippen molar-refractivity contribution in [3.05, 3.63) is 167 Å². The Kier molecular flexibility index (Phi) is 12.6. The third-order valence-electron chi connectivity index (χ3n) is 7.65. The Morgan fingerprint density at radius 2 is 0.927 bits per heavy atom. The second-order valence-corrected chi connectivity index (χ2v) is 12.7. The summed E-state index contributed by atoms with van der Waals surface area (Å²) >= 11 is 8.09. The predicted molar refractivity (Wildman–Crippen MR) is 217 cm³/mol. The van der Waals surface area contributed by atoms with Crippen molar-refractivity contribution in [2.45, 2.75) is 0 Å². The van der Waals surface area contributed by atoms with Crippen molar-refractivity contribution < 1.29 is 9.85 Å². The molecule has 0 unspecified atom stereocenters. The molecule has 4 heterocycles. The molecular weight excluding hydrogens is 835 g/mol. The molecule has 14 nitrogen and oxygen atoms in total. The van der Waals surface area contributed by atoms with E-state index in [1.54, 1.807) is 55.0 Å². The van der Waals surface area contributed by atoms with Crippen LogP contribution in [0.25, 0.3) is 43.6 Å². The molecule has 8 rings (SSSR count). The zero-order chi connectivity index (χ0) is 39.5. The number of fused-ring (bicyclic) bond motifs is 4. The fourth-order valence-electron chi connectivity index (χ4n) is 5.04. The van der Waals surface area contributed by atoms with Gasteiger partial charge >= 0.3 is 0 Å². The molecule has 4 aromatic carbocycles. The van der Waals surface area contributed by atoms with Crippen LogP contribution < -0.4 is 5.73 Å². The number of nitrogens with zero attached hydrogens (tertiary/aromatic N) is 9. The van der Waals surface area contributed by atoms with Crippen molar-refractivity contribution >= 4 is 94.9 Å². The van der Waals surface area contributed by atoms with Crippen molar-refractivity contribution in [2.75, 3.05) is 5.73 Å². The number of rotatable bonds is 2. The molecule has 0 radical (unpaired) electrons. The van der Waals surface area contributed by atoms with Crippen LogP contribution in [-0.2, 0) is 0 Å². The van der Waals surface area contributed by atoms with E-state index in [1.165, 1.54) is 42.6 Å². The number of nitrogens with two attached hydrogens (primary N) is 1. The van der Waals surface area contributed by atoms with Gasteiger partial charge in [-0.15, -0.1) is 0 Å². The molecule has 266 valence electrons. The molecule has 0 aliphatic heterocycles. The molecule has 8 aromatic rings. The van der Waals surface area contributed by atoms with E-state index >= 15 is 0 Å². The van der Waals surface area contributed by atoms with Crippen molar-refractivity contribution in [3.8, 4) is 18.2 Å². The number of nitro benzene ring substituents is 2. The van der Waals surface area contributed by atoms with Crippen LogP contribution in [0, 0.1) is 57.8 Å². The number of nitrogen functional groups attached to an aromatic ring is 1. The molecular formula is C39H22ClIN10O4. The van der Waals surface area contributed by atoms with Crippen LogP contribution in [0.3, 0.4) is 0 Å². The lowest BCUT2D eigenvalue weighted by atomic mass is 10.1. The van der Waals surface area contributed by atoms with Crippen LogP contribution in [0.2, 0.25) is 5.02 Å². The van der Waals surface area contributed by atoms with Gasteiger partial charge in [0.05, 0.1) is 71.8 Å². The molecule has 0 atom stereocenters. The van der Waals surface area contributed by atoms with Gasteiger partial charge in [0.15, 0.2) is 0 Å². The first-order valence-electron chi connectivity index (χ1n) is 15.6. The van der Waals surface area contributed by atoms with Crippen LogP contribution in [0.15, 0.2) is 122 Å². The van der Waals surface area contributed by atoms with E-state index in [2.05, 4.69) is 54.7 Å². The molecule has 0 saturated heterocycles. The van der Waals surface area contributed by atoms with Gasteiger partial charge in [0.1, 0.15) is 0 Å². The highest BCUT2D eigenvalue weighted by molar-refractivity contribution is 14.1. The van der Waals surface area contributed by atoms with Gasteiger partial charge in [-0.1, -0.05) is 11.6 Å². The molecule has 0 spiro atoms. The number of hydrogen-bond acceptors (Lipinski definition) is 12. The lowest BCUT2D eigenvalue weighted by Gasteiger charge is -1.99. The quantitative estimate of drug-likeness (QED) is 0.0741. The number of aromatic nitrogens is 4. The van der Waals surface area contributed by atoms with E-state index in [0.717, 1.165) is 25.4 Å². The highest BCUT2D eigenvalue weighted by Crippen LogP contribution is 2.26. The van der Waals surface area contributed by atoms with Crippen LogP contribution in [0.1, 0.15) is 16.7 Å². The number of nitriles is 3. The zero-order valence-corrected chi connectivity index (χ0v) is 31.0. The van der Waals surface area contributed by atoms with Crippen LogP contribution in [-0.4, -0.2) is 29.8 Å². The zero-order valence-electron chi connectivity index (χ0n) is 28.0. The van der Waals surface area contributed by atoms with Gasteiger partial charge in [0, 0.05) is 79.9 Å². The molecule has 16 heteroatoms. The molecule has 0 aliphatic carbocycles. The third-order valence-corrected chi connectivity index (χ3v) is 8.65. The van der Waals surface area contributed by atoms with Crippen LogP contribution >= 0.6 is 34.2 Å². The summed E-state index contributed by atoms with van der Waals surface area (Å²) in [6.45, 7) is 0. The van der Waals surface area contributed by atoms with E-state index in [9.17, 15) is 20.2 Å². The van der Waals surface area contributed by atoms with Gasteiger partial charge in [0.2, 0.25) is 0 Å². The highest BCUT2D eigenvalue weighted by atomic mass is 127. The summed E-state index contributed by atoms with van der Waals surface area (Å²) in [4.78, 5) is 36.4. The summed E-state index contributed by atoms with van der Waals surface area (Å²) in [7, 11) is 0. The molecule has 55 heavy (non-hydrogen) atoms. The lowest BCUT2D eigenvalue weighted by Crippen LogP contribution is -1.89. The van der Waals surface area contributed by atoms with Gasteiger partial charge in [-0.3, -0.25) is 40.2 Å². The fourth-order valence-corrected chi connectivity index (χ4v) is 5.74. The lowest BCUT2D eigenvalue weighted by molar-refractivity contribution is -0.384. The van der Waals surface area contributed by atoms with Crippen LogP contribution in [0.5, 0.6) is 0 Å². The number of pyridine rings is 4. The number of benzene rings is 4. The molecule has 0 saturated carbocycles. The molecule has 0 fully saturated rings. The van der Waals surface area contributed by atoms with E-state index in [1.807, 2.05) is 30.3 Å². The minimum Gasteiger partial charge on any atom is -0.399 e. The molecule has 0 bridgehead atoms. The second-order valence-electron chi connectivity index (χ2n) is 11.1. The summed E-state index contributed by atoms with van der Waals surface area (Å²) in [6, 6.07) is 32.7. The molecule has 0 aliphatic rings. The maximum Gasteiger partial charge on any atom is 0.270 e. The van der Waals surface area contributed by atoms with Crippen molar-refractivity contribution in [1.29, 1.82) is 15.8 Å². The van der Waals surface area contributed by atoms with Crippen molar-refractivity contribution in [3.63, 3.8) is 0 Å². The molecule has 4 aromatic heterocycles. The SMILES string of the molecule is N#Cc1ccnc2ccc(I)cc12.N#Cc1ccnc2ccc(N)cc12.N#Cc1ccnc2ccc([N+](=O)[O-])cc12.O=[N+]([O-])c1ccc2nccc(Cl)c2c1. The topological polar surface area (TPSA) is 235 Å². The summed E-state index contributed by atoms with van der Waals surface area (Å²) in [6.07, 6.45) is 6.36. The number of anilines is 1. The smallest absolute Gasteiger partial charge is 0.270 e. The van der Waals surface area contributed by atoms with Gasteiger partial charge < -0.3 is 5.73 Å². The van der Waals surface area contributed by atoms with Crippen molar-refractivity contribution in [1.82, 2.24) is 19.9 Å². The Bertz CT molecular complexity index is 2790. The summed E-state index contributed by atoms with van der Waals surface area (Å²) in [5, 5.41) is 50.8. The Morgan fingerprint density at radius 1 is 0.545 bits per heavy atom. The first-order valence-corrected chi connectivity index (χ1v) is 17.1. The van der Waals surface area contributed by atoms with Crippen LogP contribution in [0.4, 0.5) is 17.1 Å². The number of hydrogen-bond donors (Lipinski definition) is 1. The number of nitro groups is 2. The average Bonchev–Trinajstić information content (AvgIpc) is 3.20. The number of halogens is 2. The maximum atomic E-state index is 10.5.